The first-order chi connectivity index (χ1) is 12.4. The smallest absolute Gasteiger partial charge is 0.276 e. The van der Waals surface area contributed by atoms with Gasteiger partial charge in [0, 0.05) is 30.1 Å². The van der Waals surface area contributed by atoms with E-state index >= 15 is 0 Å². The minimum Gasteiger partial charge on any atom is -0.410 e. The van der Waals surface area contributed by atoms with Gasteiger partial charge in [-0.05, 0) is 30.0 Å². The maximum absolute atomic E-state index is 5.64. The van der Waals surface area contributed by atoms with Crippen LogP contribution in [0, 0.1) is 0 Å². The highest BCUT2D eigenvalue weighted by molar-refractivity contribution is 7.99. The molecule has 4 aromatic heterocycles. The Kier molecular flexibility index (Phi) is 4.84. The number of hydrogen-bond acceptors (Lipinski definition) is 9. The summed E-state index contributed by atoms with van der Waals surface area (Å²) in [7, 11) is 0. The van der Waals surface area contributed by atoms with Gasteiger partial charge in [-0.15, -0.1) is 21.5 Å². The topological polar surface area (TPSA) is 90.7 Å². The largest absolute Gasteiger partial charge is 0.410 e. The lowest BCUT2D eigenvalue weighted by Crippen LogP contribution is -1.89. The van der Waals surface area contributed by atoms with Gasteiger partial charge in [-0.2, -0.15) is 4.98 Å². The Bertz CT molecular complexity index is 921. The van der Waals surface area contributed by atoms with Crippen molar-refractivity contribution in [3.63, 3.8) is 0 Å². The molecule has 0 spiro atoms. The van der Waals surface area contributed by atoms with E-state index < -0.39 is 0 Å². The Morgan fingerprint density at radius 3 is 2.88 bits per heavy atom. The first kappa shape index (κ1) is 16.0. The molecule has 0 aliphatic rings. The normalized spacial score (nSPS) is 11.0. The van der Waals surface area contributed by atoms with Crippen molar-refractivity contribution in [3.05, 3.63) is 47.9 Å². The number of nitrogens with zero attached hydrogens (tertiary/aromatic N) is 5. The zero-order chi connectivity index (χ0) is 16.9. The van der Waals surface area contributed by atoms with Gasteiger partial charge >= 0.3 is 0 Å². The molecule has 0 atom stereocenters. The number of hydrogen-bond donors (Lipinski definition) is 0. The van der Waals surface area contributed by atoms with E-state index in [-0.39, 0.29) is 0 Å². The number of thioether (sulfide) groups is 1. The molecule has 0 N–H and O–H groups in total. The lowest BCUT2D eigenvalue weighted by molar-refractivity contribution is 0.378. The van der Waals surface area contributed by atoms with Crippen LogP contribution in [0.5, 0.6) is 0 Å². The molecule has 0 aromatic carbocycles. The number of aromatic nitrogens is 5. The first-order valence-electron chi connectivity index (χ1n) is 7.61. The molecule has 0 amide bonds. The molecule has 25 heavy (non-hydrogen) atoms. The van der Waals surface area contributed by atoms with E-state index in [0.29, 0.717) is 29.2 Å². The molecule has 4 aromatic rings. The average Bonchev–Trinajstić information content (AvgIpc) is 3.40. The quantitative estimate of drug-likeness (QED) is 0.356. The summed E-state index contributed by atoms with van der Waals surface area (Å²) in [5.41, 5.74) is 0.895. The third-order valence-corrected chi connectivity index (χ3v) is 5.07. The second-order valence-corrected chi connectivity index (χ2v) is 7.04. The minimum absolute atomic E-state index is 0.566. The molecule has 0 bridgehead atoms. The van der Waals surface area contributed by atoms with E-state index in [4.69, 9.17) is 8.94 Å². The molecule has 0 aliphatic carbocycles. The van der Waals surface area contributed by atoms with Crippen molar-refractivity contribution >= 4 is 23.1 Å². The molecule has 0 unspecified atom stereocenters. The molecule has 7 nitrogen and oxygen atoms in total. The summed E-state index contributed by atoms with van der Waals surface area (Å²) < 4.78 is 10.9. The fourth-order valence-corrected chi connectivity index (χ4v) is 3.47. The predicted octanol–water partition coefficient (Wildman–Crippen LogP) is 3.97. The van der Waals surface area contributed by atoms with Crippen LogP contribution in [-0.4, -0.2) is 31.1 Å². The van der Waals surface area contributed by atoms with Crippen LogP contribution < -0.4 is 0 Å². The fraction of sp³-hybridized carbons (Fsp3) is 0.188. The van der Waals surface area contributed by atoms with Crippen LogP contribution >= 0.6 is 23.1 Å². The Balaban J connectivity index is 1.27. The second-order valence-electron chi connectivity index (χ2n) is 5.05. The highest BCUT2D eigenvalue weighted by Gasteiger charge is 2.11. The lowest BCUT2D eigenvalue weighted by Gasteiger charge is -1.94. The molecule has 0 saturated heterocycles. The molecule has 4 heterocycles. The zero-order valence-corrected chi connectivity index (χ0v) is 14.7. The number of aryl methyl sites for hydroxylation is 1. The molecule has 126 valence electrons. The van der Waals surface area contributed by atoms with Gasteiger partial charge in [-0.1, -0.05) is 23.0 Å². The van der Waals surface area contributed by atoms with Crippen LogP contribution in [-0.2, 0) is 6.42 Å². The summed E-state index contributed by atoms with van der Waals surface area (Å²) in [6.07, 6.45) is 4.99. The zero-order valence-electron chi connectivity index (χ0n) is 13.0. The summed E-state index contributed by atoms with van der Waals surface area (Å²) in [5, 5.41) is 14.7. The highest BCUT2D eigenvalue weighted by atomic mass is 32.2. The predicted molar refractivity (Wildman–Crippen MR) is 94.2 cm³/mol. The van der Waals surface area contributed by atoms with Crippen LogP contribution in [0.1, 0.15) is 12.3 Å². The van der Waals surface area contributed by atoms with Gasteiger partial charge in [0.25, 0.3) is 11.1 Å². The standard InChI is InChI=1S/C16H13N5O2S2/c1-3-12(24-9-1)15-19-20-16(22-15)25-10-2-4-13-18-14(21-23-13)11-5-7-17-8-6-11/h1,3,5-9H,2,4,10H2. The van der Waals surface area contributed by atoms with E-state index in [9.17, 15) is 0 Å². The van der Waals surface area contributed by atoms with Crippen LogP contribution in [0.4, 0.5) is 0 Å². The molecular formula is C16H13N5O2S2. The van der Waals surface area contributed by atoms with Gasteiger partial charge in [-0.3, -0.25) is 4.98 Å². The molecule has 0 fully saturated rings. The summed E-state index contributed by atoms with van der Waals surface area (Å²) in [6, 6.07) is 7.63. The number of rotatable bonds is 7. The highest BCUT2D eigenvalue weighted by Crippen LogP contribution is 2.26. The summed E-state index contributed by atoms with van der Waals surface area (Å²) in [4.78, 5) is 9.36. The maximum atomic E-state index is 5.64. The molecule has 4 rings (SSSR count). The van der Waals surface area contributed by atoms with Gasteiger partial charge in [0.1, 0.15) is 0 Å². The van der Waals surface area contributed by atoms with Crippen LogP contribution in [0.25, 0.3) is 22.2 Å². The molecular weight excluding hydrogens is 358 g/mol. The summed E-state index contributed by atoms with van der Waals surface area (Å²) >= 11 is 3.11. The van der Waals surface area contributed by atoms with E-state index in [1.807, 2.05) is 29.6 Å². The van der Waals surface area contributed by atoms with Crippen LogP contribution in [0.15, 0.2) is 56.2 Å². The van der Waals surface area contributed by atoms with Crippen molar-refractivity contribution < 1.29 is 8.94 Å². The van der Waals surface area contributed by atoms with E-state index in [2.05, 4.69) is 25.3 Å². The molecule has 0 aliphatic heterocycles. The molecule has 9 heteroatoms. The molecule has 0 radical (unpaired) electrons. The Morgan fingerprint density at radius 1 is 1.12 bits per heavy atom. The summed E-state index contributed by atoms with van der Waals surface area (Å²) in [5.74, 6) is 2.61. The van der Waals surface area contributed by atoms with Crippen molar-refractivity contribution in [2.24, 2.45) is 0 Å². The van der Waals surface area contributed by atoms with Crippen molar-refractivity contribution in [2.45, 2.75) is 18.1 Å². The third-order valence-electron chi connectivity index (χ3n) is 3.31. The monoisotopic (exact) mass is 371 g/mol. The minimum atomic E-state index is 0.566. The van der Waals surface area contributed by atoms with Crippen molar-refractivity contribution in [2.75, 3.05) is 5.75 Å². The van der Waals surface area contributed by atoms with E-state index in [0.717, 1.165) is 22.6 Å². The second kappa shape index (κ2) is 7.58. The summed E-state index contributed by atoms with van der Waals surface area (Å²) in [6.45, 7) is 0. The Hall–Kier alpha value is -2.52. The van der Waals surface area contributed by atoms with Gasteiger partial charge in [-0.25, -0.2) is 0 Å². The maximum Gasteiger partial charge on any atom is 0.276 e. The molecule has 0 saturated carbocycles. The van der Waals surface area contributed by atoms with Crippen LogP contribution in [0.2, 0.25) is 0 Å². The van der Waals surface area contributed by atoms with Crippen molar-refractivity contribution in [1.29, 1.82) is 0 Å². The van der Waals surface area contributed by atoms with E-state index in [1.54, 1.807) is 23.7 Å². The van der Waals surface area contributed by atoms with Crippen LogP contribution in [0.3, 0.4) is 0 Å². The van der Waals surface area contributed by atoms with Gasteiger partial charge in [0.15, 0.2) is 0 Å². The third kappa shape index (κ3) is 3.94. The lowest BCUT2D eigenvalue weighted by atomic mass is 10.2. The first-order valence-corrected chi connectivity index (χ1v) is 9.48. The SMILES string of the molecule is c1csc(-c2nnc(SCCCc3nc(-c4ccncc4)no3)o2)c1. The fourth-order valence-electron chi connectivity index (χ4n) is 2.13. The Labute approximate surface area is 151 Å². The average molecular weight is 371 g/mol. The van der Waals surface area contributed by atoms with Crippen molar-refractivity contribution in [3.8, 4) is 22.2 Å². The van der Waals surface area contributed by atoms with Gasteiger partial charge in [0.05, 0.1) is 4.88 Å². The van der Waals surface area contributed by atoms with Crippen molar-refractivity contribution in [1.82, 2.24) is 25.3 Å². The number of pyridine rings is 1. The number of thiophene rings is 1. The Morgan fingerprint density at radius 2 is 2.04 bits per heavy atom. The van der Waals surface area contributed by atoms with Gasteiger partial charge in [0.2, 0.25) is 11.7 Å². The van der Waals surface area contributed by atoms with Gasteiger partial charge < -0.3 is 8.94 Å². The van der Waals surface area contributed by atoms with E-state index in [1.165, 1.54) is 11.8 Å².